The molecule has 0 aromatic carbocycles. The van der Waals surface area contributed by atoms with Crippen molar-refractivity contribution in [1.29, 1.82) is 0 Å². The Hall–Kier alpha value is -1.99. The van der Waals surface area contributed by atoms with Gasteiger partial charge in [0.05, 0.1) is 11.8 Å². The predicted molar refractivity (Wildman–Crippen MR) is 83.8 cm³/mol. The van der Waals surface area contributed by atoms with Gasteiger partial charge in [-0.05, 0) is 12.8 Å². The van der Waals surface area contributed by atoms with Gasteiger partial charge in [0.15, 0.2) is 0 Å². The summed E-state index contributed by atoms with van der Waals surface area (Å²) in [5, 5.41) is 7.26. The number of anilines is 1. The van der Waals surface area contributed by atoms with E-state index in [-0.39, 0.29) is 0 Å². The second kappa shape index (κ2) is 6.64. The van der Waals surface area contributed by atoms with Crippen molar-refractivity contribution in [1.82, 2.24) is 20.0 Å². The maximum atomic E-state index is 5.58. The zero-order chi connectivity index (χ0) is 15.5. The second-order valence-electron chi connectivity index (χ2n) is 6.18. The third-order valence-electron chi connectivity index (χ3n) is 4.41. The second-order valence-corrected chi connectivity index (χ2v) is 6.18. The summed E-state index contributed by atoms with van der Waals surface area (Å²) in [5.41, 5.74) is 3.39. The summed E-state index contributed by atoms with van der Waals surface area (Å²) >= 11 is 0. The molecule has 2 aliphatic heterocycles. The Labute approximate surface area is 135 Å². The number of fused-ring (bicyclic) bond motifs is 1. The standard InChI is InChI=1S/C16H21N5O2/c1-2-14(22-5-1)8-19-16-17-6-12(7-18-16)9-21-4-3-15-13(10-21)11-23-20-15/h6-7,11,14H,1-5,8-10H2,(H,17,18,19). The number of rotatable bonds is 5. The first kappa shape index (κ1) is 14.6. The molecule has 0 spiro atoms. The number of ether oxygens (including phenoxy) is 1. The van der Waals surface area contributed by atoms with Crippen LogP contribution in [0.15, 0.2) is 23.2 Å². The Bertz CT molecular complexity index is 636. The van der Waals surface area contributed by atoms with Crippen molar-refractivity contribution in [2.45, 2.75) is 38.5 Å². The molecule has 1 fully saturated rings. The lowest BCUT2D eigenvalue weighted by atomic mass is 10.1. The molecule has 1 saturated heterocycles. The van der Waals surface area contributed by atoms with Crippen LogP contribution in [-0.2, 0) is 24.2 Å². The minimum absolute atomic E-state index is 0.296. The first-order valence-corrected chi connectivity index (χ1v) is 8.18. The van der Waals surface area contributed by atoms with E-state index in [4.69, 9.17) is 9.26 Å². The Morgan fingerprint density at radius 2 is 2.22 bits per heavy atom. The minimum atomic E-state index is 0.296. The van der Waals surface area contributed by atoms with E-state index < -0.39 is 0 Å². The molecule has 2 aliphatic rings. The number of nitrogens with one attached hydrogen (secondary N) is 1. The van der Waals surface area contributed by atoms with Crippen molar-refractivity contribution in [2.75, 3.05) is 25.0 Å². The van der Waals surface area contributed by atoms with Gasteiger partial charge in [-0.3, -0.25) is 4.90 Å². The summed E-state index contributed by atoms with van der Waals surface area (Å²) in [5.74, 6) is 0.671. The molecule has 0 amide bonds. The van der Waals surface area contributed by atoms with Gasteiger partial charge in [-0.25, -0.2) is 9.97 Å². The van der Waals surface area contributed by atoms with Gasteiger partial charge >= 0.3 is 0 Å². The highest BCUT2D eigenvalue weighted by Crippen LogP contribution is 2.19. The molecule has 4 heterocycles. The lowest BCUT2D eigenvalue weighted by Crippen LogP contribution is -2.29. The molecule has 1 unspecified atom stereocenters. The van der Waals surface area contributed by atoms with Gasteiger partial charge in [-0.15, -0.1) is 0 Å². The van der Waals surface area contributed by atoms with Gasteiger partial charge in [-0.2, -0.15) is 0 Å². The molecule has 0 aliphatic carbocycles. The molecule has 1 atom stereocenters. The maximum Gasteiger partial charge on any atom is 0.222 e. The molecule has 2 aromatic heterocycles. The summed E-state index contributed by atoms with van der Waals surface area (Å²) < 4.78 is 10.6. The van der Waals surface area contributed by atoms with Crippen molar-refractivity contribution in [2.24, 2.45) is 0 Å². The molecule has 2 aromatic rings. The number of hydrogen-bond donors (Lipinski definition) is 1. The van der Waals surface area contributed by atoms with Crippen LogP contribution in [0.3, 0.4) is 0 Å². The molecule has 0 bridgehead atoms. The zero-order valence-corrected chi connectivity index (χ0v) is 13.1. The van der Waals surface area contributed by atoms with E-state index in [9.17, 15) is 0 Å². The normalized spacial score (nSPS) is 21.3. The summed E-state index contributed by atoms with van der Waals surface area (Å²) in [4.78, 5) is 11.2. The fourth-order valence-electron chi connectivity index (χ4n) is 3.13. The fraction of sp³-hybridized carbons (Fsp3) is 0.562. The topological polar surface area (TPSA) is 76.3 Å². The van der Waals surface area contributed by atoms with Crippen LogP contribution in [0.4, 0.5) is 5.95 Å². The van der Waals surface area contributed by atoms with Crippen molar-refractivity contribution in [3.8, 4) is 0 Å². The summed E-state index contributed by atoms with van der Waals surface area (Å²) in [6.45, 7) is 4.35. The van der Waals surface area contributed by atoms with E-state index in [0.29, 0.717) is 12.1 Å². The average molecular weight is 315 g/mol. The summed E-state index contributed by atoms with van der Waals surface area (Å²) in [7, 11) is 0. The highest BCUT2D eigenvalue weighted by molar-refractivity contribution is 5.25. The van der Waals surface area contributed by atoms with Crippen LogP contribution in [0.25, 0.3) is 0 Å². The van der Waals surface area contributed by atoms with E-state index >= 15 is 0 Å². The SMILES string of the molecule is c1nc(NCC2CCCO2)ncc1CN1CCc2nocc2C1. The number of hydrogen-bond acceptors (Lipinski definition) is 7. The fourth-order valence-corrected chi connectivity index (χ4v) is 3.13. The van der Waals surface area contributed by atoms with Crippen molar-refractivity contribution >= 4 is 5.95 Å². The Morgan fingerprint density at radius 1 is 1.30 bits per heavy atom. The summed E-state index contributed by atoms with van der Waals surface area (Å²) in [6, 6.07) is 0. The van der Waals surface area contributed by atoms with Crippen molar-refractivity contribution in [3.05, 3.63) is 35.5 Å². The van der Waals surface area contributed by atoms with Crippen LogP contribution in [0.5, 0.6) is 0 Å². The largest absolute Gasteiger partial charge is 0.376 e. The Morgan fingerprint density at radius 3 is 3.04 bits per heavy atom. The van der Waals surface area contributed by atoms with E-state index in [1.54, 1.807) is 6.26 Å². The van der Waals surface area contributed by atoms with Gasteiger partial charge in [0.1, 0.15) is 6.26 Å². The van der Waals surface area contributed by atoms with Crippen molar-refractivity contribution in [3.63, 3.8) is 0 Å². The van der Waals surface area contributed by atoms with Gasteiger partial charge in [0.2, 0.25) is 5.95 Å². The predicted octanol–water partition coefficient (Wildman–Crippen LogP) is 1.61. The molecule has 0 saturated carbocycles. The molecule has 23 heavy (non-hydrogen) atoms. The highest BCUT2D eigenvalue weighted by Gasteiger charge is 2.19. The van der Waals surface area contributed by atoms with Crippen LogP contribution in [0.1, 0.15) is 29.7 Å². The van der Waals surface area contributed by atoms with E-state index in [1.165, 1.54) is 5.56 Å². The van der Waals surface area contributed by atoms with Gasteiger partial charge in [-0.1, -0.05) is 5.16 Å². The van der Waals surface area contributed by atoms with E-state index in [1.807, 2.05) is 12.4 Å². The van der Waals surface area contributed by atoms with Gasteiger partial charge < -0.3 is 14.6 Å². The molecule has 1 N–H and O–H groups in total. The molecule has 7 nitrogen and oxygen atoms in total. The first-order valence-electron chi connectivity index (χ1n) is 8.18. The Balaban J connectivity index is 1.30. The molecule has 0 radical (unpaired) electrons. The van der Waals surface area contributed by atoms with Crippen LogP contribution >= 0.6 is 0 Å². The van der Waals surface area contributed by atoms with Crippen LogP contribution in [0.2, 0.25) is 0 Å². The third kappa shape index (κ3) is 3.51. The first-order chi connectivity index (χ1) is 11.4. The van der Waals surface area contributed by atoms with Crippen LogP contribution in [0, 0.1) is 0 Å². The van der Waals surface area contributed by atoms with E-state index in [2.05, 4.69) is 25.3 Å². The quantitative estimate of drug-likeness (QED) is 0.898. The smallest absolute Gasteiger partial charge is 0.222 e. The molecule has 4 rings (SSSR count). The van der Waals surface area contributed by atoms with E-state index in [0.717, 1.165) is 63.3 Å². The Kier molecular flexibility index (Phi) is 4.21. The maximum absolute atomic E-state index is 5.58. The summed E-state index contributed by atoms with van der Waals surface area (Å²) in [6.07, 6.45) is 9.04. The average Bonchev–Trinajstić information content (AvgIpc) is 3.25. The number of nitrogens with zero attached hydrogens (tertiary/aromatic N) is 4. The number of aromatic nitrogens is 3. The molecule has 122 valence electrons. The zero-order valence-electron chi connectivity index (χ0n) is 13.1. The molecular formula is C16H21N5O2. The third-order valence-corrected chi connectivity index (χ3v) is 4.41. The molecular weight excluding hydrogens is 294 g/mol. The lowest BCUT2D eigenvalue weighted by Gasteiger charge is -2.25. The van der Waals surface area contributed by atoms with Crippen LogP contribution in [-0.4, -0.2) is 45.8 Å². The minimum Gasteiger partial charge on any atom is -0.376 e. The monoisotopic (exact) mass is 315 g/mol. The molecule has 7 heteroatoms. The van der Waals surface area contributed by atoms with Crippen LogP contribution < -0.4 is 5.32 Å². The lowest BCUT2D eigenvalue weighted by molar-refractivity contribution is 0.120. The van der Waals surface area contributed by atoms with Crippen molar-refractivity contribution < 1.29 is 9.26 Å². The highest BCUT2D eigenvalue weighted by atomic mass is 16.5. The van der Waals surface area contributed by atoms with Gasteiger partial charge in [0.25, 0.3) is 0 Å². The van der Waals surface area contributed by atoms with Gasteiger partial charge in [0, 0.05) is 62.7 Å².